The number of nitrogens with one attached hydrogen (secondary N) is 1. The number of aromatic nitrogens is 1. The molecule has 0 aliphatic heterocycles. The Morgan fingerprint density at radius 2 is 2.12 bits per heavy atom. The Hall–Kier alpha value is -0.930. The number of hydrogen-bond acceptors (Lipinski definition) is 3. The quantitative estimate of drug-likeness (QED) is 0.790. The highest BCUT2D eigenvalue weighted by molar-refractivity contribution is 5.12. The minimum atomic E-state index is 0.399. The summed E-state index contributed by atoms with van der Waals surface area (Å²) in [7, 11) is 0. The van der Waals surface area contributed by atoms with Gasteiger partial charge in [0.15, 0.2) is 0 Å². The Morgan fingerprint density at radius 3 is 2.65 bits per heavy atom. The number of ether oxygens (including phenoxy) is 1. The van der Waals surface area contributed by atoms with Gasteiger partial charge in [0.2, 0.25) is 0 Å². The van der Waals surface area contributed by atoms with Crippen molar-refractivity contribution >= 4 is 0 Å². The van der Waals surface area contributed by atoms with E-state index >= 15 is 0 Å². The van der Waals surface area contributed by atoms with E-state index in [4.69, 9.17) is 4.74 Å². The molecule has 1 heterocycles. The van der Waals surface area contributed by atoms with Crippen molar-refractivity contribution in [2.75, 3.05) is 13.2 Å². The number of aryl methyl sites for hydroxylation is 1. The lowest BCUT2D eigenvalue weighted by Crippen LogP contribution is -2.37. The second-order valence-corrected chi connectivity index (χ2v) is 4.70. The second-order valence-electron chi connectivity index (χ2n) is 4.70. The summed E-state index contributed by atoms with van der Waals surface area (Å²) < 4.78 is 5.49. The van der Waals surface area contributed by atoms with Crippen molar-refractivity contribution in [1.82, 2.24) is 10.3 Å². The first-order valence-corrected chi connectivity index (χ1v) is 6.36. The molecular weight excluding hydrogens is 212 g/mol. The van der Waals surface area contributed by atoms with Gasteiger partial charge in [0.1, 0.15) is 0 Å². The monoisotopic (exact) mass is 236 g/mol. The molecule has 0 aliphatic carbocycles. The summed E-state index contributed by atoms with van der Waals surface area (Å²) in [6.45, 7) is 10.9. The smallest absolute Gasteiger partial charge is 0.0622 e. The van der Waals surface area contributed by atoms with E-state index in [0.717, 1.165) is 25.5 Å². The molecule has 1 atom stereocenters. The van der Waals surface area contributed by atoms with Crippen LogP contribution in [0.1, 0.15) is 32.0 Å². The lowest BCUT2D eigenvalue weighted by molar-refractivity contribution is 0.108. The van der Waals surface area contributed by atoms with Crippen molar-refractivity contribution < 1.29 is 4.74 Å². The molecule has 0 saturated carbocycles. The van der Waals surface area contributed by atoms with Crippen LogP contribution in [0, 0.1) is 12.8 Å². The molecule has 1 rings (SSSR count). The Morgan fingerprint density at radius 1 is 1.35 bits per heavy atom. The zero-order valence-corrected chi connectivity index (χ0v) is 11.4. The van der Waals surface area contributed by atoms with Crippen LogP contribution >= 0.6 is 0 Å². The highest BCUT2D eigenvalue weighted by Crippen LogP contribution is 2.05. The van der Waals surface area contributed by atoms with Crippen LogP contribution in [0.15, 0.2) is 18.3 Å². The number of rotatable bonds is 7. The van der Waals surface area contributed by atoms with Crippen molar-refractivity contribution in [3.05, 3.63) is 29.6 Å². The Kier molecular flexibility index (Phi) is 6.16. The molecule has 3 nitrogen and oxygen atoms in total. The predicted molar refractivity (Wildman–Crippen MR) is 70.9 cm³/mol. The van der Waals surface area contributed by atoms with Crippen molar-refractivity contribution in [2.45, 2.75) is 40.3 Å². The fourth-order valence-electron chi connectivity index (χ4n) is 1.58. The molecule has 1 aromatic heterocycles. The second kappa shape index (κ2) is 7.41. The molecule has 17 heavy (non-hydrogen) atoms. The Bertz CT molecular complexity index is 309. The largest absolute Gasteiger partial charge is 0.380 e. The van der Waals surface area contributed by atoms with E-state index in [1.165, 1.54) is 5.56 Å². The first kappa shape index (κ1) is 14.1. The van der Waals surface area contributed by atoms with Gasteiger partial charge < -0.3 is 10.1 Å². The molecule has 96 valence electrons. The molecule has 1 N–H and O–H groups in total. The highest BCUT2D eigenvalue weighted by atomic mass is 16.5. The first-order valence-electron chi connectivity index (χ1n) is 6.36. The number of nitrogens with zero attached hydrogens (tertiary/aromatic N) is 1. The van der Waals surface area contributed by atoms with Gasteiger partial charge in [0.25, 0.3) is 0 Å². The predicted octanol–water partition coefficient (Wildman–Crippen LogP) is 2.54. The van der Waals surface area contributed by atoms with Gasteiger partial charge in [-0.3, -0.25) is 4.98 Å². The van der Waals surface area contributed by atoms with Crippen molar-refractivity contribution in [2.24, 2.45) is 5.92 Å². The lowest BCUT2D eigenvalue weighted by atomic mass is 10.1. The first-order chi connectivity index (χ1) is 8.13. The van der Waals surface area contributed by atoms with Gasteiger partial charge in [-0.2, -0.15) is 0 Å². The molecule has 0 aliphatic rings. The van der Waals surface area contributed by atoms with Crippen molar-refractivity contribution in [3.63, 3.8) is 0 Å². The maximum absolute atomic E-state index is 5.49. The Balaban J connectivity index is 2.43. The normalized spacial score (nSPS) is 13.0. The Labute approximate surface area is 105 Å². The topological polar surface area (TPSA) is 34.1 Å². The third kappa shape index (κ3) is 5.29. The van der Waals surface area contributed by atoms with E-state index < -0.39 is 0 Å². The van der Waals surface area contributed by atoms with Gasteiger partial charge in [-0.15, -0.1) is 0 Å². The standard InChI is InChI=1S/C14H24N2O/c1-5-17-10-14(11(2)3)16-9-13-7-6-12(4)15-8-13/h6-8,11,14,16H,5,9-10H2,1-4H3. The third-order valence-corrected chi connectivity index (χ3v) is 2.85. The SMILES string of the molecule is CCOCC(NCc1ccc(C)nc1)C(C)C. The fraction of sp³-hybridized carbons (Fsp3) is 0.643. The highest BCUT2D eigenvalue weighted by Gasteiger charge is 2.12. The molecule has 0 fully saturated rings. The summed E-state index contributed by atoms with van der Waals surface area (Å²) in [5, 5.41) is 3.52. The number of hydrogen-bond donors (Lipinski definition) is 1. The van der Waals surface area contributed by atoms with Gasteiger partial charge in [0, 0.05) is 31.1 Å². The van der Waals surface area contributed by atoms with Crippen LogP contribution in [0.4, 0.5) is 0 Å². The molecule has 0 radical (unpaired) electrons. The number of pyridine rings is 1. The molecule has 0 spiro atoms. The van der Waals surface area contributed by atoms with Gasteiger partial charge in [-0.1, -0.05) is 19.9 Å². The lowest BCUT2D eigenvalue weighted by Gasteiger charge is -2.22. The molecule has 0 saturated heterocycles. The van der Waals surface area contributed by atoms with Crippen LogP contribution in [0.5, 0.6) is 0 Å². The average molecular weight is 236 g/mol. The van der Waals surface area contributed by atoms with E-state index in [1.54, 1.807) is 0 Å². The minimum Gasteiger partial charge on any atom is -0.380 e. The van der Waals surface area contributed by atoms with Crippen LogP contribution < -0.4 is 5.32 Å². The molecule has 0 aromatic carbocycles. The van der Waals surface area contributed by atoms with Crippen LogP contribution in [-0.4, -0.2) is 24.2 Å². The summed E-state index contributed by atoms with van der Waals surface area (Å²) >= 11 is 0. The van der Waals surface area contributed by atoms with E-state index in [9.17, 15) is 0 Å². The maximum atomic E-state index is 5.49. The van der Waals surface area contributed by atoms with Crippen LogP contribution in [0.25, 0.3) is 0 Å². The molecule has 0 amide bonds. The van der Waals surface area contributed by atoms with E-state index in [2.05, 4.69) is 30.2 Å². The average Bonchev–Trinajstić information content (AvgIpc) is 2.31. The van der Waals surface area contributed by atoms with Gasteiger partial charge >= 0.3 is 0 Å². The summed E-state index contributed by atoms with van der Waals surface area (Å²) in [4.78, 5) is 4.29. The van der Waals surface area contributed by atoms with Gasteiger partial charge in [0.05, 0.1) is 6.61 Å². The molecule has 1 unspecified atom stereocenters. The van der Waals surface area contributed by atoms with E-state index in [1.807, 2.05) is 26.1 Å². The van der Waals surface area contributed by atoms with Crippen molar-refractivity contribution in [1.29, 1.82) is 0 Å². The van der Waals surface area contributed by atoms with Crippen LogP contribution in [0.3, 0.4) is 0 Å². The van der Waals surface area contributed by atoms with Gasteiger partial charge in [-0.05, 0) is 31.4 Å². The van der Waals surface area contributed by atoms with Gasteiger partial charge in [-0.25, -0.2) is 0 Å². The van der Waals surface area contributed by atoms with E-state index in [0.29, 0.717) is 12.0 Å². The zero-order chi connectivity index (χ0) is 12.7. The minimum absolute atomic E-state index is 0.399. The van der Waals surface area contributed by atoms with Crippen molar-refractivity contribution in [3.8, 4) is 0 Å². The van der Waals surface area contributed by atoms with Crippen LogP contribution in [-0.2, 0) is 11.3 Å². The van der Waals surface area contributed by atoms with E-state index in [-0.39, 0.29) is 0 Å². The maximum Gasteiger partial charge on any atom is 0.0622 e. The molecule has 0 bridgehead atoms. The fourth-order valence-corrected chi connectivity index (χ4v) is 1.58. The molecular formula is C14H24N2O. The summed E-state index contributed by atoms with van der Waals surface area (Å²) in [5.74, 6) is 0.569. The summed E-state index contributed by atoms with van der Waals surface area (Å²) in [5.41, 5.74) is 2.28. The van der Waals surface area contributed by atoms with Crippen LogP contribution in [0.2, 0.25) is 0 Å². The zero-order valence-electron chi connectivity index (χ0n) is 11.4. The summed E-state index contributed by atoms with van der Waals surface area (Å²) in [6.07, 6.45) is 1.93. The third-order valence-electron chi connectivity index (χ3n) is 2.85. The summed E-state index contributed by atoms with van der Waals surface area (Å²) in [6, 6.07) is 4.56. The molecule has 1 aromatic rings. The molecule has 3 heteroatoms.